The molecule has 0 heterocycles. The Morgan fingerprint density at radius 3 is 2.29 bits per heavy atom. The maximum Gasteiger partial charge on any atom is 0.337 e. The van der Waals surface area contributed by atoms with E-state index in [1.165, 1.54) is 19.6 Å². The van der Waals surface area contributed by atoms with E-state index >= 15 is 0 Å². The van der Waals surface area contributed by atoms with E-state index < -0.39 is 12.0 Å². The Morgan fingerprint density at radius 1 is 0.867 bits per heavy atom. The van der Waals surface area contributed by atoms with Gasteiger partial charge in [0.15, 0.2) is 6.61 Å². The predicted octanol–water partition coefficient (Wildman–Crippen LogP) is 5.87. The van der Waals surface area contributed by atoms with Gasteiger partial charge in [0, 0.05) is 25.0 Å². The van der Waals surface area contributed by atoms with Gasteiger partial charge in [-0.3, -0.25) is 9.59 Å². The van der Waals surface area contributed by atoms with Crippen molar-refractivity contribution >= 4 is 40.9 Å². The topological polar surface area (TPSA) is 117 Å². The number of ether oxygens (including phenoxy) is 2. The molecule has 4 amide bonds. The van der Waals surface area contributed by atoms with Crippen molar-refractivity contribution in [1.82, 2.24) is 5.32 Å². The van der Waals surface area contributed by atoms with Gasteiger partial charge in [-0.2, -0.15) is 0 Å². The molecule has 45 heavy (non-hydrogen) atoms. The van der Waals surface area contributed by atoms with Gasteiger partial charge in [-0.05, 0) is 86.2 Å². The molecule has 1 saturated carbocycles. The van der Waals surface area contributed by atoms with Gasteiger partial charge in [0.2, 0.25) is 5.91 Å². The van der Waals surface area contributed by atoms with E-state index in [-0.39, 0.29) is 25.0 Å². The highest BCUT2D eigenvalue weighted by molar-refractivity contribution is 6.00. The average molecular weight is 615 g/mol. The molecule has 0 bridgehead atoms. The summed E-state index contributed by atoms with van der Waals surface area (Å²) in [6.45, 7) is 3.97. The van der Waals surface area contributed by atoms with E-state index in [1.54, 1.807) is 53.2 Å². The van der Waals surface area contributed by atoms with Crippen LogP contribution in [-0.4, -0.2) is 57.7 Å². The fourth-order valence-corrected chi connectivity index (χ4v) is 5.56. The van der Waals surface area contributed by atoms with Gasteiger partial charge >= 0.3 is 12.0 Å². The van der Waals surface area contributed by atoms with Crippen molar-refractivity contribution in [3.8, 4) is 5.75 Å². The molecule has 3 aromatic carbocycles. The zero-order valence-electron chi connectivity index (χ0n) is 26.4. The molecule has 0 radical (unpaired) electrons. The van der Waals surface area contributed by atoms with E-state index in [1.807, 2.05) is 38.1 Å². The number of para-hydroxylation sites is 2. The number of nitrogens with one attached hydrogen (secondary N) is 2. The van der Waals surface area contributed by atoms with Gasteiger partial charge in [-0.1, -0.05) is 43.5 Å². The first-order valence-electron chi connectivity index (χ1n) is 15.2. The molecule has 0 saturated heterocycles. The second-order valence-corrected chi connectivity index (χ2v) is 11.4. The van der Waals surface area contributed by atoms with Crippen LogP contribution in [0.25, 0.3) is 0 Å². The number of methoxy groups -OCH3 is 1. The van der Waals surface area contributed by atoms with Crippen LogP contribution in [0.3, 0.4) is 0 Å². The van der Waals surface area contributed by atoms with Crippen LogP contribution in [0.15, 0.2) is 66.7 Å². The fourth-order valence-electron chi connectivity index (χ4n) is 5.56. The summed E-state index contributed by atoms with van der Waals surface area (Å²) in [4.78, 5) is 54.6. The van der Waals surface area contributed by atoms with E-state index in [4.69, 9.17) is 9.47 Å². The van der Waals surface area contributed by atoms with Crippen LogP contribution in [0.5, 0.6) is 5.75 Å². The molecule has 0 aromatic heterocycles. The lowest BCUT2D eigenvalue weighted by atomic mass is 9.89. The fraction of sp³-hybridized carbons (Fsp3) is 0.371. The number of nitrogens with zero attached hydrogens (tertiary/aromatic N) is 2. The van der Waals surface area contributed by atoms with Crippen molar-refractivity contribution in [3.05, 3.63) is 83.4 Å². The summed E-state index contributed by atoms with van der Waals surface area (Å²) in [5.74, 6) is -0.341. The molecule has 10 nitrogen and oxygen atoms in total. The minimum atomic E-state index is -0.590. The second kappa shape index (κ2) is 15.7. The van der Waals surface area contributed by atoms with Gasteiger partial charge in [-0.25, -0.2) is 9.59 Å². The number of likely N-dealkylation sites (N-methyl/N-ethyl adjacent to an activating group) is 1. The lowest BCUT2D eigenvalue weighted by Gasteiger charge is -2.31. The molecule has 3 aromatic rings. The molecule has 0 unspecified atom stereocenters. The number of amides is 4. The number of rotatable bonds is 11. The van der Waals surface area contributed by atoms with Crippen LogP contribution in [0, 0.1) is 19.8 Å². The second-order valence-electron chi connectivity index (χ2n) is 11.4. The molecule has 238 valence electrons. The van der Waals surface area contributed by atoms with E-state index in [2.05, 4.69) is 10.6 Å². The summed E-state index contributed by atoms with van der Waals surface area (Å²) in [5.41, 5.74) is 4.12. The van der Waals surface area contributed by atoms with E-state index in [0.717, 1.165) is 42.5 Å². The number of carbonyl (C=O) groups excluding carboxylic acids is 4. The first kappa shape index (κ1) is 33.0. The minimum Gasteiger partial charge on any atom is -0.482 e. The lowest BCUT2D eigenvalue weighted by Crippen LogP contribution is -2.44. The van der Waals surface area contributed by atoms with Gasteiger partial charge < -0.3 is 29.9 Å². The molecule has 2 N–H and O–H groups in total. The average Bonchev–Trinajstić information content (AvgIpc) is 3.04. The highest BCUT2D eigenvalue weighted by Crippen LogP contribution is 2.32. The number of carbonyl (C=O) groups is 4. The smallest absolute Gasteiger partial charge is 0.337 e. The number of aryl methyl sites for hydroxylation is 2. The Balaban J connectivity index is 1.46. The molecule has 10 heteroatoms. The number of hydrogen-bond donors (Lipinski definition) is 2. The molecule has 0 spiro atoms. The van der Waals surface area contributed by atoms with Gasteiger partial charge in [-0.15, -0.1) is 0 Å². The monoisotopic (exact) mass is 614 g/mol. The minimum absolute atomic E-state index is 0.211. The summed E-state index contributed by atoms with van der Waals surface area (Å²) < 4.78 is 10.8. The number of benzene rings is 3. The predicted molar refractivity (Wildman–Crippen MR) is 175 cm³/mol. The van der Waals surface area contributed by atoms with Crippen LogP contribution >= 0.6 is 0 Å². The van der Waals surface area contributed by atoms with Crippen molar-refractivity contribution in [2.24, 2.45) is 5.92 Å². The first-order valence-corrected chi connectivity index (χ1v) is 15.2. The first-order chi connectivity index (χ1) is 21.6. The number of hydrogen-bond acceptors (Lipinski definition) is 6. The number of anilines is 3. The molecule has 4 rings (SSSR count). The molecule has 1 aliphatic rings. The zero-order chi connectivity index (χ0) is 32.3. The third-order valence-corrected chi connectivity index (χ3v) is 7.88. The summed E-state index contributed by atoms with van der Waals surface area (Å²) in [5, 5.41) is 5.29. The van der Waals surface area contributed by atoms with E-state index in [9.17, 15) is 19.2 Å². The standard InChI is InChI=1S/C35H42N4O6/c1-24-17-25(2)19-29(18-24)38(3)33(41)23-45-31-16-9-8-15-30(31)39(22-26-11-6-5-7-12-26)32(40)21-36-35(43)37-28-14-10-13-27(20-28)34(42)44-4/h8-10,13-20,26H,5-7,11-12,21-23H2,1-4H3,(H2,36,37,43). The number of esters is 1. The highest BCUT2D eigenvalue weighted by atomic mass is 16.5. The molecule has 0 aliphatic heterocycles. The molecular formula is C35H42N4O6. The Morgan fingerprint density at radius 2 is 1.58 bits per heavy atom. The third-order valence-electron chi connectivity index (χ3n) is 7.88. The molecule has 0 atom stereocenters. The van der Waals surface area contributed by atoms with E-state index in [0.29, 0.717) is 35.2 Å². The summed E-state index contributed by atoms with van der Waals surface area (Å²) in [6, 6.07) is 18.9. The van der Waals surface area contributed by atoms with Crippen LogP contribution in [0.1, 0.15) is 53.6 Å². The summed E-state index contributed by atoms with van der Waals surface area (Å²) in [7, 11) is 3.00. The lowest BCUT2D eigenvalue weighted by molar-refractivity contribution is -0.120. The van der Waals surface area contributed by atoms with Crippen molar-refractivity contribution < 1.29 is 28.7 Å². The van der Waals surface area contributed by atoms with Crippen LogP contribution < -0.4 is 25.2 Å². The van der Waals surface area contributed by atoms with Gasteiger partial charge in [0.05, 0.1) is 24.9 Å². The largest absolute Gasteiger partial charge is 0.482 e. The maximum absolute atomic E-state index is 13.7. The molecule has 1 aliphatic carbocycles. The van der Waals surface area contributed by atoms with Crippen LogP contribution in [0.2, 0.25) is 0 Å². The molecule has 1 fully saturated rings. The van der Waals surface area contributed by atoms with Gasteiger partial charge in [0.1, 0.15) is 5.75 Å². The van der Waals surface area contributed by atoms with Crippen molar-refractivity contribution in [1.29, 1.82) is 0 Å². The third kappa shape index (κ3) is 9.31. The zero-order valence-corrected chi connectivity index (χ0v) is 26.4. The van der Waals surface area contributed by atoms with Crippen LogP contribution in [-0.2, 0) is 14.3 Å². The SMILES string of the molecule is COC(=O)c1cccc(NC(=O)NCC(=O)N(CC2CCCCC2)c2ccccc2OCC(=O)N(C)c2cc(C)cc(C)c2)c1. The van der Waals surface area contributed by atoms with Crippen molar-refractivity contribution in [2.45, 2.75) is 46.0 Å². The highest BCUT2D eigenvalue weighted by Gasteiger charge is 2.25. The quantitative estimate of drug-likeness (QED) is 0.261. The molecular weight excluding hydrogens is 572 g/mol. The van der Waals surface area contributed by atoms with Crippen molar-refractivity contribution in [2.75, 3.05) is 49.0 Å². The Kier molecular flexibility index (Phi) is 11.6. The Hall–Kier alpha value is -4.86. The maximum atomic E-state index is 13.7. The normalized spacial score (nSPS) is 13.0. The summed E-state index contributed by atoms with van der Waals surface area (Å²) in [6.07, 6.45) is 5.41. The van der Waals surface area contributed by atoms with Gasteiger partial charge in [0.25, 0.3) is 5.91 Å². The Bertz CT molecular complexity index is 1500. The Labute approximate surface area is 264 Å². The van der Waals surface area contributed by atoms with Crippen molar-refractivity contribution in [3.63, 3.8) is 0 Å². The van der Waals surface area contributed by atoms with Crippen LogP contribution in [0.4, 0.5) is 21.9 Å². The summed E-state index contributed by atoms with van der Waals surface area (Å²) >= 11 is 0. The number of urea groups is 1.